The Bertz CT molecular complexity index is 482. The second-order valence-electron chi connectivity index (χ2n) is 5.19. The van der Waals surface area contributed by atoms with Crippen molar-refractivity contribution in [2.24, 2.45) is 5.92 Å². The van der Waals surface area contributed by atoms with Crippen molar-refractivity contribution in [2.75, 3.05) is 37.9 Å². The highest BCUT2D eigenvalue weighted by Gasteiger charge is 2.16. The van der Waals surface area contributed by atoms with Crippen molar-refractivity contribution in [1.29, 1.82) is 0 Å². The first-order valence-electron chi connectivity index (χ1n) is 6.92. The van der Waals surface area contributed by atoms with Crippen molar-refractivity contribution >= 4 is 17.3 Å². The number of nitrogen functional groups attached to an aromatic ring is 1. The summed E-state index contributed by atoms with van der Waals surface area (Å²) in [5.41, 5.74) is 8.58. The SMILES string of the molecule is COC(=O)c1cc(NCCC2CCOC2)cc(C)c1N. The predicted octanol–water partition coefficient (Wildman–Crippen LogP) is 2.20. The summed E-state index contributed by atoms with van der Waals surface area (Å²) in [5.74, 6) is 0.232. The topological polar surface area (TPSA) is 73.6 Å². The van der Waals surface area contributed by atoms with Gasteiger partial charge in [0.25, 0.3) is 0 Å². The quantitative estimate of drug-likeness (QED) is 0.638. The van der Waals surface area contributed by atoms with Crippen LogP contribution in [0, 0.1) is 12.8 Å². The van der Waals surface area contributed by atoms with Gasteiger partial charge in [-0.1, -0.05) is 0 Å². The van der Waals surface area contributed by atoms with Crippen LogP contribution in [0.5, 0.6) is 0 Å². The van der Waals surface area contributed by atoms with Gasteiger partial charge in [0, 0.05) is 31.1 Å². The first-order valence-corrected chi connectivity index (χ1v) is 6.92. The molecule has 1 saturated heterocycles. The third-order valence-electron chi connectivity index (χ3n) is 3.70. The minimum atomic E-state index is -0.404. The van der Waals surface area contributed by atoms with E-state index < -0.39 is 5.97 Å². The van der Waals surface area contributed by atoms with Gasteiger partial charge in [0.2, 0.25) is 0 Å². The molecule has 0 bridgehead atoms. The van der Waals surface area contributed by atoms with Crippen LogP contribution >= 0.6 is 0 Å². The van der Waals surface area contributed by atoms with Gasteiger partial charge in [-0.2, -0.15) is 0 Å². The summed E-state index contributed by atoms with van der Waals surface area (Å²) in [6.45, 7) is 4.48. The summed E-state index contributed by atoms with van der Waals surface area (Å²) in [6, 6.07) is 3.70. The summed E-state index contributed by atoms with van der Waals surface area (Å²) in [4.78, 5) is 11.7. The van der Waals surface area contributed by atoms with Gasteiger partial charge >= 0.3 is 5.97 Å². The van der Waals surface area contributed by atoms with Crippen LogP contribution in [0.25, 0.3) is 0 Å². The third-order valence-corrected chi connectivity index (χ3v) is 3.70. The van der Waals surface area contributed by atoms with Crippen molar-refractivity contribution in [3.8, 4) is 0 Å². The summed E-state index contributed by atoms with van der Waals surface area (Å²) in [5, 5.41) is 3.34. The summed E-state index contributed by atoms with van der Waals surface area (Å²) in [6.07, 6.45) is 2.20. The Morgan fingerprint density at radius 1 is 1.55 bits per heavy atom. The number of hydrogen-bond acceptors (Lipinski definition) is 5. The number of ether oxygens (including phenoxy) is 2. The van der Waals surface area contributed by atoms with Crippen molar-refractivity contribution in [1.82, 2.24) is 0 Å². The van der Waals surface area contributed by atoms with Crippen LogP contribution in [0.15, 0.2) is 12.1 Å². The molecule has 1 atom stereocenters. The van der Waals surface area contributed by atoms with E-state index in [1.807, 2.05) is 13.0 Å². The molecule has 1 aromatic rings. The lowest BCUT2D eigenvalue weighted by Gasteiger charge is -2.13. The second kappa shape index (κ2) is 6.61. The number of methoxy groups -OCH3 is 1. The van der Waals surface area contributed by atoms with E-state index in [0.29, 0.717) is 17.2 Å². The maximum absolute atomic E-state index is 11.7. The van der Waals surface area contributed by atoms with Crippen LogP contribution in [0.3, 0.4) is 0 Å². The van der Waals surface area contributed by atoms with Gasteiger partial charge in [0.15, 0.2) is 0 Å². The number of carbonyl (C=O) groups excluding carboxylic acids is 1. The van der Waals surface area contributed by atoms with E-state index in [0.717, 1.165) is 43.9 Å². The zero-order valence-corrected chi connectivity index (χ0v) is 12.1. The van der Waals surface area contributed by atoms with Crippen LogP contribution < -0.4 is 11.1 Å². The predicted molar refractivity (Wildman–Crippen MR) is 79.0 cm³/mol. The van der Waals surface area contributed by atoms with Gasteiger partial charge in [-0.25, -0.2) is 4.79 Å². The fraction of sp³-hybridized carbons (Fsp3) is 0.533. The molecule has 1 heterocycles. The van der Waals surface area contributed by atoms with Gasteiger partial charge in [-0.15, -0.1) is 0 Å². The first-order chi connectivity index (χ1) is 9.61. The van der Waals surface area contributed by atoms with E-state index in [2.05, 4.69) is 5.32 Å². The van der Waals surface area contributed by atoms with Crippen LogP contribution in [0.2, 0.25) is 0 Å². The summed E-state index contributed by atoms with van der Waals surface area (Å²) < 4.78 is 10.1. The molecule has 2 rings (SSSR count). The van der Waals surface area contributed by atoms with Gasteiger partial charge in [-0.05, 0) is 43.4 Å². The smallest absolute Gasteiger partial charge is 0.340 e. The van der Waals surface area contributed by atoms with Gasteiger partial charge in [-0.3, -0.25) is 0 Å². The molecule has 1 aliphatic rings. The lowest BCUT2D eigenvalue weighted by molar-refractivity contribution is 0.0602. The molecule has 0 aliphatic carbocycles. The molecule has 20 heavy (non-hydrogen) atoms. The highest BCUT2D eigenvalue weighted by atomic mass is 16.5. The lowest BCUT2D eigenvalue weighted by atomic mass is 10.0. The number of benzene rings is 1. The Hall–Kier alpha value is -1.75. The van der Waals surface area contributed by atoms with Crippen LogP contribution in [0.4, 0.5) is 11.4 Å². The fourth-order valence-corrected chi connectivity index (χ4v) is 2.41. The van der Waals surface area contributed by atoms with E-state index >= 15 is 0 Å². The second-order valence-corrected chi connectivity index (χ2v) is 5.19. The zero-order valence-electron chi connectivity index (χ0n) is 12.1. The molecule has 1 aromatic carbocycles. The minimum Gasteiger partial charge on any atom is -0.465 e. The largest absolute Gasteiger partial charge is 0.465 e. The maximum Gasteiger partial charge on any atom is 0.340 e. The Morgan fingerprint density at radius 3 is 3.00 bits per heavy atom. The van der Waals surface area contributed by atoms with Gasteiger partial charge in [0.05, 0.1) is 12.7 Å². The molecule has 5 nitrogen and oxygen atoms in total. The Morgan fingerprint density at radius 2 is 2.35 bits per heavy atom. The molecular weight excluding hydrogens is 256 g/mol. The molecule has 3 N–H and O–H groups in total. The van der Waals surface area contributed by atoms with Gasteiger partial charge in [0.1, 0.15) is 0 Å². The number of hydrogen-bond donors (Lipinski definition) is 2. The lowest BCUT2D eigenvalue weighted by Crippen LogP contribution is -2.11. The van der Waals surface area contributed by atoms with Crippen molar-refractivity contribution in [3.63, 3.8) is 0 Å². The van der Waals surface area contributed by atoms with Crippen LogP contribution in [-0.2, 0) is 9.47 Å². The van der Waals surface area contributed by atoms with E-state index in [-0.39, 0.29) is 0 Å². The number of nitrogens with one attached hydrogen (secondary N) is 1. The van der Waals surface area contributed by atoms with E-state index in [4.69, 9.17) is 15.2 Å². The molecular formula is C15H22N2O3. The third kappa shape index (κ3) is 3.42. The molecule has 5 heteroatoms. The molecule has 1 aliphatic heterocycles. The number of aryl methyl sites for hydroxylation is 1. The van der Waals surface area contributed by atoms with E-state index in [9.17, 15) is 4.79 Å². The Labute approximate surface area is 119 Å². The fourth-order valence-electron chi connectivity index (χ4n) is 2.41. The molecule has 0 amide bonds. The highest BCUT2D eigenvalue weighted by Crippen LogP contribution is 2.24. The normalized spacial score (nSPS) is 18.0. The average Bonchev–Trinajstić information content (AvgIpc) is 2.95. The Balaban J connectivity index is 2.00. The molecule has 0 aromatic heterocycles. The van der Waals surface area contributed by atoms with Crippen molar-refractivity contribution < 1.29 is 14.3 Å². The molecule has 1 unspecified atom stereocenters. The molecule has 0 radical (unpaired) electrons. The molecule has 0 saturated carbocycles. The standard InChI is InChI=1S/C15H22N2O3/c1-10-7-12(8-13(14(10)16)15(18)19-2)17-5-3-11-4-6-20-9-11/h7-8,11,17H,3-6,9,16H2,1-2H3. The van der Waals surface area contributed by atoms with Gasteiger partial charge < -0.3 is 20.5 Å². The van der Waals surface area contributed by atoms with E-state index in [1.54, 1.807) is 6.07 Å². The maximum atomic E-state index is 11.7. The number of nitrogens with two attached hydrogens (primary N) is 1. The molecule has 1 fully saturated rings. The summed E-state index contributed by atoms with van der Waals surface area (Å²) in [7, 11) is 1.36. The number of anilines is 2. The number of carbonyl (C=O) groups is 1. The van der Waals surface area contributed by atoms with Crippen molar-refractivity contribution in [3.05, 3.63) is 23.3 Å². The monoisotopic (exact) mass is 278 g/mol. The molecule has 0 spiro atoms. The zero-order chi connectivity index (χ0) is 14.5. The summed E-state index contributed by atoms with van der Waals surface area (Å²) >= 11 is 0. The van der Waals surface area contributed by atoms with E-state index in [1.165, 1.54) is 7.11 Å². The number of rotatable bonds is 5. The van der Waals surface area contributed by atoms with Crippen molar-refractivity contribution in [2.45, 2.75) is 19.8 Å². The molecule has 110 valence electrons. The highest BCUT2D eigenvalue weighted by molar-refractivity contribution is 5.97. The Kier molecular flexibility index (Phi) is 4.84. The van der Waals surface area contributed by atoms with Crippen LogP contribution in [-0.4, -0.2) is 32.8 Å². The average molecular weight is 278 g/mol. The number of esters is 1. The first kappa shape index (κ1) is 14.7. The minimum absolute atomic E-state index is 0.404. The van der Waals surface area contributed by atoms with Crippen LogP contribution in [0.1, 0.15) is 28.8 Å².